The van der Waals surface area contributed by atoms with Gasteiger partial charge in [0.1, 0.15) is 5.01 Å². The van der Waals surface area contributed by atoms with Gasteiger partial charge in [0.2, 0.25) is 5.91 Å². The molecule has 1 aromatic heterocycles. The van der Waals surface area contributed by atoms with Crippen molar-refractivity contribution >= 4 is 50.9 Å². The molecule has 46 heavy (non-hydrogen) atoms. The van der Waals surface area contributed by atoms with Crippen LogP contribution in [-0.4, -0.2) is 99.7 Å². The Hall–Kier alpha value is -3.95. The summed E-state index contributed by atoms with van der Waals surface area (Å²) < 4.78 is 22.8. The molecule has 0 aliphatic carbocycles. The number of carbonyl (C=O) groups is 4. The molecule has 248 valence electrons. The number of carbonyl (C=O) groups excluding carboxylic acids is 4. The molecule has 0 spiro atoms. The lowest BCUT2D eigenvalue weighted by atomic mass is 10.2. The van der Waals surface area contributed by atoms with Crippen molar-refractivity contribution in [2.24, 2.45) is 0 Å². The highest BCUT2D eigenvalue weighted by molar-refractivity contribution is 7.21. The molecule has 13 nitrogen and oxygen atoms in total. The van der Waals surface area contributed by atoms with E-state index in [0.717, 1.165) is 21.8 Å². The summed E-state index contributed by atoms with van der Waals surface area (Å²) in [6.07, 6.45) is 0.382. The number of aryl methyl sites for hydroxylation is 1. The second-order valence-corrected chi connectivity index (χ2v) is 11.4. The van der Waals surface area contributed by atoms with E-state index in [-0.39, 0.29) is 38.4 Å². The number of hydrogen-bond donors (Lipinski definition) is 2. The number of hydrogen-bond acceptors (Lipinski definition) is 12. The van der Waals surface area contributed by atoms with Crippen molar-refractivity contribution in [3.8, 4) is 10.6 Å². The predicted octanol–water partition coefficient (Wildman–Crippen LogP) is 3.25. The monoisotopic (exact) mass is 656 g/mol. The molecule has 0 saturated carbocycles. The maximum absolute atomic E-state index is 12.1. The molecule has 2 aromatic carbocycles. The van der Waals surface area contributed by atoms with Crippen molar-refractivity contribution in [3.05, 3.63) is 48.0 Å². The molecule has 0 bridgehead atoms. The summed E-state index contributed by atoms with van der Waals surface area (Å²) in [4.78, 5) is 56.1. The topological polar surface area (TPSA) is 155 Å². The summed E-state index contributed by atoms with van der Waals surface area (Å²) in [5.74, 6) is -1.78. The fraction of sp³-hybridized carbons (Fsp3) is 0.469. The summed E-state index contributed by atoms with van der Waals surface area (Å²) in [5, 5.41) is 7.63. The van der Waals surface area contributed by atoms with Crippen LogP contribution in [0.2, 0.25) is 0 Å². The Morgan fingerprint density at radius 1 is 0.804 bits per heavy atom. The minimum Gasteiger partial charge on any atom is -0.385 e. The number of nitrogens with one attached hydrogen (secondary N) is 2. The number of hydroxylamine groups is 2. The van der Waals surface area contributed by atoms with Gasteiger partial charge in [-0.3, -0.25) is 14.4 Å². The van der Waals surface area contributed by atoms with Crippen molar-refractivity contribution < 1.29 is 43.0 Å². The molecule has 1 saturated heterocycles. The van der Waals surface area contributed by atoms with Gasteiger partial charge in [-0.25, -0.2) is 9.78 Å². The first-order valence-electron chi connectivity index (χ1n) is 15.2. The van der Waals surface area contributed by atoms with Crippen molar-refractivity contribution in [1.82, 2.24) is 15.4 Å². The number of anilines is 1. The quantitative estimate of drug-likeness (QED) is 0.128. The van der Waals surface area contributed by atoms with Gasteiger partial charge >= 0.3 is 5.97 Å². The second kappa shape index (κ2) is 18.9. The van der Waals surface area contributed by atoms with Gasteiger partial charge in [0.05, 0.1) is 69.5 Å². The van der Waals surface area contributed by atoms with Crippen LogP contribution in [0.5, 0.6) is 0 Å². The van der Waals surface area contributed by atoms with E-state index >= 15 is 0 Å². The van der Waals surface area contributed by atoms with E-state index in [4.69, 9.17) is 28.8 Å². The number of thiazole rings is 1. The minimum atomic E-state index is -0.704. The van der Waals surface area contributed by atoms with Crippen LogP contribution in [0.4, 0.5) is 5.69 Å². The lowest BCUT2D eigenvalue weighted by Crippen LogP contribution is -2.32. The summed E-state index contributed by atoms with van der Waals surface area (Å²) in [7, 11) is 0. The van der Waals surface area contributed by atoms with Gasteiger partial charge in [-0.2, -0.15) is 0 Å². The smallest absolute Gasteiger partial charge is 0.335 e. The Balaban J connectivity index is 0.909. The van der Waals surface area contributed by atoms with E-state index < -0.39 is 17.8 Å². The zero-order valence-corrected chi connectivity index (χ0v) is 26.7. The fourth-order valence-corrected chi connectivity index (χ4v) is 5.35. The molecule has 0 atom stereocenters. The molecule has 1 aliphatic rings. The molecule has 3 amide bonds. The van der Waals surface area contributed by atoms with Crippen LogP contribution in [0, 0.1) is 6.92 Å². The van der Waals surface area contributed by atoms with E-state index in [9.17, 15) is 19.2 Å². The predicted molar refractivity (Wildman–Crippen MR) is 171 cm³/mol. The van der Waals surface area contributed by atoms with Gasteiger partial charge in [-0.1, -0.05) is 6.07 Å². The number of benzene rings is 2. The Bertz CT molecular complexity index is 1430. The standard InChI is InChI=1S/C32H40N4O9S/c1-23-2-7-26-27(22-23)46-32(35-26)24-3-5-25(6-4-24)33-12-10-28(37)34-13-15-42-17-19-44-21-20-43-18-16-41-14-11-31(40)45-36-29(38)8-9-30(36)39/h2-7,22,33H,8-21H2,1H3,(H,34,37). The van der Waals surface area contributed by atoms with Crippen molar-refractivity contribution in [2.45, 2.75) is 32.6 Å². The number of fused-ring (bicyclic) bond motifs is 1. The van der Waals surface area contributed by atoms with E-state index in [1.54, 1.807) is 11.3 Å². The molecule has 0 radical (unpaired) electrons. The van der Waals surface area contributed by atoms with Gasteiger partial charge in [0.25, 0.3) is 11.8 Å². The largest absolute Gasteiger partial charge is 0.385 e. The molecule has 0 unspecified atom stereocenters. The first kappa shape index (κ1) is 34.9. The lowest BCUT2D eigenvalue weighted by Gasteiger charge is -2.12. The molecule has 1 aliphatic heterocycles. The third-order valence-corrected chi connectivity index (χ3v) is 7.76. The Labute approximate surface area is 271 Å². The van der Waals surface area contributed by atoms with Crippen LogP contribution in [0.25, 0.3) is 20.8 Å². The van der Waals surface area contributed by atoms with Crippen LogP contribution >= 0.6 is 11.3 Å². The lowest BCUT2D eigenvalue weighted by molar-refractivity contribution is -0.198. The number of amides is 3. The van der Waals surface area contributed by atoms with Crippen LogP contribution in [0.3, 0.4) is 0 Å². The van der Waals surface area contributed by atoms with Crippen LogP contribution < -0.4 is 10.6 Å². The molecule has 4 rings (SSSR count). The van der Waals surface area contributed by atoms with Crippen LogP contribution in [0.1, 0.15) is 31.2 Å². The van der Waals surface area contributed by atoms with Crippen molar-refractivity contribution in [3.63, 3.8) is 0 Å². The zero-order valence-electron chi connectivity index (χ0n) is 25.9. The number of nitrogens with zero attached hydrogens (tertiary/aromatic N) is 2. The Kier molecular flexibility index (Phi) is 14.3. The van der Waals surface area contributed by atoms with E-state index in [2.05, 4.69) is 35.8 Å². The normalized spacial score (nSPS) is 13.0. The summed E-state index contributed by atoms with van der Waals surface area (Å²) in [5.41, 5.74) is 4.25. The summed E-state index contributed by atoms with van der Waals surface area (Å²) in [6, 6.07) is 14.4. The molecule has 3 aromatic rings. The SMILES string of the molecule is Cc1ccc2nc(-c3ccc(NCCC(=O)NCCOCCOCCOCCOCCC(=O)ON4C(=O)CCC4=O)cc3)sc2c1. The molecule has 1 fully saturated rings. The Morgan fingerprint density at radius 2 is 1.43 bits per heavy atom. The summed E-state index contributed by atoms with van der Waals surface area (Å²) >= 11 is 1.68. The maximum Gasteiger partial charge on any atom is 0.335 e. The van der Waals surface area contributed by atoms with Crippen molar-refractivity contribution in [1.29, 1.82) is 0 Å². The molecule has 14 heteroatoms. The highest BCUT2D eigenvalue weighted by Crippen LogP contribution is 2.31. The van der Waals surface area contributed by atoms with Crippen molar-refractivity contribution in [2.75, 3.05) is 71.3 Å². The zero-order chi connectivity index (χ0) is 32.6. The Morgan fingerprint density at radius 3 is 2.11 bits per heavy atom. The highest BCUT2D eigenvalue weighted by atomic mass is 32.1. The van der Waals surface area contributed by atoms with Gasteiger partial charge in [0, 0.05) is 43.6 Å². The van der Waals surface area contributed by atoms with Gasteiger partial charge in [-0.05, 0) is 48.9 Å². The number of ether oxygens (including phenoxy) is 4. The first-order valence-corrected chi connectivity index (χ1v) is 16.1. The van der Waals surface area contributed by atoms with E-state index in [0.29, 0.717) is 64.2 Å². The molecular weight excluding hydrogens is 616 g/mol. The van der Waals surface area contributed by atoms with Crippen LogP contribution in [0.15, 0.2) is 42.5 Å². The maximum atomic E-state index is 12.1. The van der Waals surface area contributed by atoms with Crippen LogP contribution in [-0.2, 0) is 43.0 Å². The van der Waals surface area contributed by atoms with E-state index in [1.165, 1.54) is 10.3 Å². The average molecular weight is 657 g/mol. The fourth-order valence-electron chi connectivity index (χ4n) is 4.28. The molecular formula is C32H40N4O9S. The van der Waals surface area contributed by atoms with Gasteiger partial charge in [0.15, 0.2) is 0 Å². The first-order chi connectivity index (χ1) is 22.4. The average Bonchev–Trinajstić information content (AvgIpc) is 3.61. The number of rotatable bonds is 21. The van der Waals surface area contributed by atoms with Gasteiger partial charge in [-0.15, -0.1) is 16.4 Å². The third-order valence-electron chi connectivity index (χ3n) is 6.69. The highest BCUT2D eigenvalue weighted by Gasteiger charge is 2.32. The number of aromatic nitrogens is 1. The minimum absolute atomic E-state index is 0.0511. The molecule has 2 N–H and O–H groups in total. The third kappa shape index (κ3) is 11.8. The summed E-state index contributed by atoms with van der Waals surface area (Å²) in [6.45, 7) is 5.67. The van der Waals surface area contributed by atoms with E-state index in [1.807, 2.05) is 24.3 Å². The number of imide groups is 1. The molecule has 2 heterocycles. The van der Waals surface area contributed by atoms with Gasteiger partial charge < -0.3 is 34.4 Å². The second-order valence-electron chi connectivity index (χ2n) is 10.3.